The van der Waals surface area contributed by atoms with Crippen LogP contribution in [0.4, 0.5) is 0 Å². The van der Waals surface area contributed by atoms with Crippen molar-refractivity contribution in [3.63, 3.8) is 0 Å². The molecule has 0 saturated carbocycles. The van der Waals surface area contributed by atoms with Crippen molar-refractivity contribution in [2.45, 2.75) is 19.6 Å². The van der Waals surface area contributed by atoms with Gasteiger partial charge in [0.25, 0.3) is 5.56 Å². The van der Waals surface area contributed by atoms with E-state index in [9.17, 15) is 9.59 Å². The molecule has 0 saturated heterocycles. The van der Waals surface area contributed by atoms with Gasteiger partial charge in [0.2, 0.25) is 0 Å². The molecule has 2 aromatic carbocycles. The van der Waals surface area contributed by atoms with E-state index in [0.29, 0.717) is 11.3 Å². The highest BCUT2D eigenvalue weighted by Gasteiger charge is 2.19. The summed E-state index contributed by atoms with van der Waals surface area (Å²) in [5.74, 6) is -0.111. The van der Waals surface area contributed by atoms with Crippen LogP contribution in [0.25, 0.3) is 11.1 Å². The summed E-state index contributed by atoms with van der Waals surface area (Å²) < 4.78 is 6.29. The fourth-order valence-electron chi connectivity index (χ4n) is 3.35. The van der Waals surface area contributed by atoms with Crippen molar-refractivity contribution in [3.8, 4) is 11.1 Å². The number of aromatic nitrogens is 2. The third kappa shape index (κ3) is 2.97. The normalized spacial score (nSPS) is 11.9. The van der Waals surface area contributed by atoms with Crippen molar-refractivity contribution in [2.24, 2.45) is 0 Å². The van der Waals surface area contributed by atoms with Gasteiger partial charge in [0.05, 0.1) is 25.2 Å². The Labute approximate surface area is 150 Å². The van der Waals surface area contributed by atoms with Gasteiger partial charge in [0.1, 0.15) is 0 Å². The van der Waals surface area contributed by atoms with E-state index in [1.807, 2.05) is 30.3 Å². The molecule has 0 N–H and O–H groups in total. The third-order valence-electron chi connectivity index (χ3n) is 4.66. The van der Waals surface area contributed by atoms with Gasteiger partial charge in [-0.1, -0.05) is 36.4 Å². The summed E-state index contributed by atoms with van der Waals surface area (Å²) in [6.07, 6.45) is 2.29. The Morgan fingerprint density at radius 2 is 1.92 bits per heavy atom. The highest BCUT2D eigenvalue weighted by molar-refractivity contribution is 5.98. The third-order valence-corrected chi connectivity index (χ3v) is 4.66. The van der Waals surface area contributed by atoms with Crippen molar-refractivity contribution in [2.75, 3.05) is 7.11 Å². The van der Waals surface area contributed by atoms with Gasteiger partial charge in [-0.05, 0) is 34.7 Å². The molecule has 1 aromatic heterocycles. The maximum atomic E-state index is 12.7. The molecule has 0 unspecified atom stereocenters. The quantitative estimate of drug-likeness (QED) is 0.521. The van der Waals surface area contributed by atoms with Crippen LogP contribution in [-0.4, -0.2) is 22.4 Å². The molecular weight excluding hydrogens is 328 g/mol. The Bertz CT molecular complexity index is 1050. The SMILES string of the molecule is COCc1cc(=O)n(CC(=O)c2ccc3c(c2)-c2ccccc2C3)cn1. The molecule has 26 heavy (non-hydrogen) atoms. The second-order valence-corrected chi connectivity index (χ2v) is 6.41. The van der Waals surface area contributed by atoms with Crippen LogP contribution in [0, 0.1) is 0 Å². The first kappa shape index (κ1) is 16.4. The first-order chi connectivity index (χ1) is 12.7. The summed E-state index contributed by atoms with van der Waals surface area (Å²) in [5, 5.41) is 0. The van der Waals surface area contributed by atoms with E-state index in [2.05, 4.69) is 17.1 Å². The van der Waals surface area contributed by atoms with Gasteiger partial charge in [-0.3, -0.25) is 14.2 Å². The number of ketones is 1. The number of methoxy groups -OCH3 is 1. The number of fused-ring (bicyclic) bond motifs is 3. The molecule has 0 amide bonds. The number of hydrogen-bond donors (Lipinski definition) is 0. The molecule has 5 nitrogen and oxygen atoms in total. The van der Waals surface area contributed by atoms with E-state index in [0.717, 1.165) is 12.0 Å². The number of rotatable bonds is 5. The van der Waals surface area contributed by atoms with E-state index in [4.69, 9.17) is 4.74 Å². The monoisotopic (exact) mass is 346 g/mol. The average Bonchev–Trinajstić information content (AvgIpc) is 3.02. The predicted octanol–water partition coefficient (Wildman–Crippen LogP) is 2.84. The van der Waals surface area contributed by atoms with E-state index in [1.54, 1.807) is 7.11 Å². The van der Waals surface area contributed by atoms with Crippen LogP contribution >= 0.6 is 0 Å². The summed E-state index contributed by atoms with van der Waals surface area (Å²) in [7, 11) is 1.54. The lowest BCUT2D eigenvalue weighted by Crippen LogP contribution is -2.24. The molecule has 3 aromatic rings. The highest BCUT2D eigenvalue weighted by Crippen LogP contribution is 2.36. The molecule has 1 aliphatic rings. The summed E-state index contributed by atoms with van der Waals surface area (Å²) in [4.78, 5) is 29.0. The van der Waals surface area contributed by atoms with Gasteiger partial charge in [-0.25, -0.2) is 4.98 Å². The second-order valence-electron chi connectivity index (χ2n) is 6.41. The minimum Gasteiger partial charge on any atom is -0.378 e. The Hall–Kier alpha value is -3.05. The topological polar surface area (TPSA) is 61.2 Å². The Balaban J connectivity index is 1.60. The first-order valence-corrected chi connectivity index (χ1v) is 8.44. The molecular formula is C21H18N2O3. The minimum absolute atomic E-state index is 0.0282. The van der Waals surface area contributed by atoms with Gasteiger partial charge in [0, 0.05) is 18.7 Å². The van der Waals surface area contributed by atoms with E-state index < -0.39 is 0 Å². The number of hydrogen-bond acceptors (Lipinski definition) is 4. The molecule has 1 aliphatic carbocycles. The number of Topliss-reactive ketones (excluding diaryl/α,β-unsaturated/α-hetero) is 1. The van der Waals surface area contributed by atoms with Crippen LogP contribution in [0.15, 0.2) is 59.7 Å². The number of benzene rings is 2. The summed E-state index contributed by atoms with van der Waals surface area (Å²) in [6.45, 7) is 0.244. The van der Waals surface area contributed by atoms with Crippen molar-refractivity contribution >= 4 is 5.78 Å². The van der Waals surface area contributed by atoms with Crippen LogP contribution in [0.1, 0.15) is 27.2 Å². The van der Waals surface area contributed by atoms with Crippen LogP contribution in [-0.2, 0) is 24.3 Å². The fourth-order valence-corrected chi connectivity index (χ4v) is 3.35. The van der Waals surface area contributed by atoms with Crippen LogP contribution < -0.4 is 5.56 Å². The number of carbonyl (C=O) groups is 1. The first-order valence-electron chi connectivity index (χ1n) is 8.44. The summed E-state index contributed by atoms with van der Waals surface area (Å²) >= 11 is 0. The van der Waals surface area contributed by atoms with Gasteiger partial charge in [0.15, 0.2) is 5.78 Å². The van der Waals surface area contributed by atoms with Crippen LogP contribution in [0.2, 0.25) is 0 Å². The lowest BCUT2D eigenvalue weighted by molar-refractivity contribution is 0.0970. The molecule has 5 heteroatoms. The zero-order valence-corrected chi connectivity index (χ0v) is 14.4. The maximum Gasteiger partial charge on any atom is 0.254 e. The second kappa shape index (κ2) is 6.69. The van der Waals surface area contributed by atoms with Crippen molar-refractivity contribution < 1.29 is 9.53 Å². The van der Waals surface area contributed by atoms with Gasteiger partial charge in [-0.2, -0.15) is 0 Å². The van der Waals surface area contributed by atoms with Gasteiger partial charge in [-0.15, -0.1) is 0 Å². The Morgan fingerprint density at radius 3 is 2.73 bits per heavy atom. The molecule has 0 bridgehead atoms. The summed E-state index contributed by atoms with van der Waals surface area (Å²) in [6, 6.07) is 15.4. The zero-order chi connectivity index (χ0) is 18.1. The molecule has 1 heterocycles. The number of nitrogens with zero attached hydrogens (tertiary/aromatic N) is 2. The van der Waals surface area contributed by atoms with Crippen LogP contribution in [0.3, 0.4) is 0 Å². The lowest BCUT2D eigenvalue weighted by Gasteiger charge is -2.08. The standard InChI is InChI=1S/C21H18N2O3/c1-26-12-17-10-21(25)23(13-22-17)11-20(24)16-7-6-15-8-14-4-2-3-5-18(14)19(15)9-16/h2-7,9-10,13H,8,11-12H2,1H3. The minimum atomic E-state index is -0.257. The van der Waals surface area contributed by atoms with Crippen LogP contribution in [0.5, 0.6) is 0 Å². The van der Waals surface area contributed by atoms with E-state index in [1.165, 1.54) is 33.7 Å². The van der Waals surface area contributed by atoms with E-state index in [-0.39, 0.29) is 24.5 Å². The molecule has 0 fully saturated rings. The number of ether oxygens (including phenoxy) is 1. The average molecular weight is 346 g/mol. The van der Waals surface area contributed by atoms with Crippen molar-refractivity contribution in [1.29, 1.82) is 0 Å². The molecule has 0 spiro atoms. The number of carbonyl (C=O) groups excluding carboxylic acids is 1. The maximum absolute atomic E-state index is 12.7. The predicted molar refractivity (Wildman–Crippen MR) is 98.2 cm³/mol. The lowest BCUT2D eigenvalue weighted by atomic mass is 10.0. The van der Waals surface area contributed by atoms with E-state index >= 15 is 0 Å². The smallest absolute Gasteiger partial charge is 0.254 e. The molecule has 4 rings (SSSR count). The molecule has 0 atom stereocenters. The summed E-state index contributed by atoms with van der Waals surface area (Å²) in [5.41, 5.74) is 5.69. The largest absolute Gasteiger partial charge is 0.378 e. The molecule has 0 radical (unpaired) electrons. The van der Waals surface area contributed by atoms with Gasteiger partial charge < -0.3 is 4.74 Å². The Kier molecular flexibility index (Phi) is 4.22. The zero-order valence-electron chi connectivity index (χ0n) is 14.4. The fraction of sp³-hybridized carbons (Fsp3) is 0.190. The molecule has 130 valence electrons. The van der Waals surface area contributed by atoms with Crippen molar-refractivity contribution in [1.82, 2.24) is 9.55 Å². The van der Waals surface area contributed by atoms with Gasteiger partial charge >= 0.3 is 0 Å². The Morgan fingerprint density at radius 1 is 1.12 bits per heavy atom. The molecule has 0 aliphatic heterocycles. The van der Waals surface area contributed by atoms with Crippen molar-refractivity contribution in [3.05, 3.63) is 87.6 Å². The highest BCUT2D eigenvalue weighted by atomic mass is 16.5.